The molecule has 6 heteroatoms. The molecule has 0 aromatic rings. The van der Waals surface area contributed by atoms with Crippen molar-refractivity contribution in [2.24, 2.45) is 5.73 Å². The third-order valence-electron chi connectivity index (χ3n) is 3.54. The molecule has 0 saturated carbocycles. The minimum absolute atomic E-state index is 0.324. The largest absolute Gasteiger partial charge is 0.380 e. The minimum Gasteiger partial charge on any atom is -0.380 e. The zero-order valence-electron chi connectivity index (χ0n) is 13.4. The molecule has 0 spiro atoms. The maximum atomic E-state index is 11.5. The highest BCUT2D eigenvalue weighted by Gasteiger charge is 2.29. The van der Waals surface area contributed by atoms with Gasteiger partial charge in [0.25, 0.3) is 0 Å². The summed E-state index contributed by atoms with van der Waals surface area (Å²) in [7, 11) is 1.76. The summed E-state index contributed by atoms with van der Waals surface area (Å²) in [6.45, 7) is 11.1. The van der Waals surface area contributed by atoms with Crippen molar-refractivity contribution in [3.8, 4) is 0 Å². The Bertz CT molecular complexity index is 254. The van der Waals surface area contributed by atoms with E-state index in [-0.39, 0.29) is 5.91 Å². The van der Waals surface area contributed by atoms with Crippen molar-refractivity contribution in [3.05, 3.63) is 0 Å². The van der Waals surface area contributed by atoms with Crippen LogP contribution in [0.1, 0.15) is 27.2 Å². The monoisotopic (exact) mass is 289 g/mol. The van der Waals surface area contributed by atoms with Crippen LogP contribution in [0.5, 0.6) is 0 Å². The van der Waals surface area contributed by atoms with Crippen LogP contribution in [-0.2, 0) is 14.3 Å². The molecule has 0 saturated heterocycles. The van der Waals surface area contributed by atoms with E-state index >= 15 is 0 Å². The molecular formula is C14H31N3O3. The highest BCUT2D eigenvalue weighted by Crippen LogP contribution is 2.09. The first-order valence-electron chi connectivity index (χ1n) is 7.36. The predicted octanol–water partition coefficient (Wildman–Crippen LogP) is 0.215. The van der Waals surface area contributed by atoms with Gasteiger partial charge in [0.05, 0.1) is 18.8 Å². The average molecular weight is 289 g/mol. The molecule has 0 aliphatic heterocycles. The fraction of sp³-hybridized carbons (Fsp3) is 0.929. The number of likely N-dealkylation sites (N-methyl/N-ethyl adjacent to an activating group) is 1. The number of nitrogens with zero attached hydrogens (tertiary/aromatic N) is 1. The molecule has 1 atom stereocenters. The van der Waals surface area contributed by atoms with E-state index in [1.165, 1.54) is 0 Å². The molecule has 1 unspecified atom stereocenters. The van der Waals surface area contributed by atoms with Crippen LogP contribution in [-0.4, -0.2) is 69.5 Å². The Morgan fingerprint density at radius 1 is 1.15 bits per heavy atom. The zero-order valence-corrected chi connectivity index (χ0v) is 13.4. The molecule has 120 valence electrons. The molecule has 3 N–H and O–H groups in total. The van der Waals surface area contributed by atoms with Gasteiger partial charge in [0.2, 0.25) is 5.91 Å². The second-order valence-corrected chi connectivity index (χ2v) is 4.93. The molecule has 1 amide bonds. The molecule has 6 nitrogen and oxygen atoms in total. The van der Waals surface area contributed by atoms with E-state index in [0.29, 0.717) is 19.6 Å². The molecule has 0 radical (unpaired) electrons. The summed E-state index contributed by atoms with van der Waals surface area (Å²) in [4.78, 5) is 13.7. The van der Waals surface area contributed by atoms with Gasteiger partial charge in [0.1, 0.15) is 0 Å². The summed E-state index contributed by atoms with van der Waals surface area (Å²) >= 11 is 0. The predicted molar refractivity (Wildman–Crippen MR) is 80.7 cm³/mol. The van der Waals surface area contributed by atoms with Gasteiger partial charge in [-0.05, 0) is 34.2 Å². The van der Waals surface area contributed by atoms with Crippen molar-refractivity contribution in [2.75, 3.05) is 53.1 Å². The first-order valence-corrected chi connectivity index (χ1v) is 7.36. The smallest absolute Gasteiger partial charge is 0.237 e. The lowest BCUT2D eigenvalue weighted by Gasteiger charge is -2.29. The van der Waals surface area contributed by atoms with E-state index in [4.69, 9.17) is 15.2 Å². The van der Waals surface area contributed by atoms with Crippen LogP contribution in [0.25, 0.3) is 0 Å². The molecule has 0 aromatic carbocycles. The third-order valence-corrected chi connectivity index (χ3v) is 3.54. The van der Waals surface area contributed by atoms with Gasteiger partial charge < -0.3 is 20.5 Å². The molecule has 0 aliphatic rings. The lowest BCUT2D eigenvalue weighted by Crippen LogP contribution is -2.53. The Hall–Kier alpha value is -0.690. The number of carbonyl (C=O) groups excluding carboxylic acids is 1. The summed E-state index contributed by atoms with van der Waals surface area (Å²) < 4.78 is 10.8. The summed E-state index contributed by atoms with van der Waals surface area (Å²) in [6, 6.07) is 0. The third kappa shape index (κ3) is 7.79. The number of hydrogen-bond donors (Lipinski definition) is 2. The van der Waals surface area contributed by atoms with E-state index in [9.17, 15) is 4.79 Å². The molecule has 0 aliphatic carbocycles. The first kappa shape index (κ1) is 19.3. The average Bonchev–Trinajstić information content (AvgIpc) is 2.44. The number of amides is 1. The van der Waals surface area contributed by atoms with Gasteiger partial charge in [-0.1, -0.05) is 0 Å². The molecular weight excluding hydrogens is 258 g/mol. The van der Waals surface area contributed by atoms with Gasteiger partial charge >= 0.3 is 0 Å². The van der Waals surface area contributed by atoms with Crippen molar-refractivity contribution < 1.29 is 14.3 Å². The van der Waals surface area contributed by atoms with E-state index in [1.54, 1.807) is 7.05 Å². The summed E-state index contributed by atoms with van der Waals surface area (Å²) in [5.41, 5.74) is 4.77. The maximum absolute atomic E-state index is 11.5. The Morgan fingerprint density at radius 2 is 1.65 bits per heavy atom. The Morgan fingerprint density at radius 3 is 2.00 bits per heavy atom. The van der Waals surface area contributed by atoms with Crippen LogP contribution in [0.2, 0.25) is 0 Å². The van der Waals surface area contributed by atoms with E-state index < -0.39 is 5.54 Å². The Balaban J connectivity index is 4.27. The number of ether oxygens (including phenoxy) is 2. The van der Waals surface area contributed by atoms with Crippen molar-refractivity contribution in [3.63, 3.8) is 0 Å². The quantitative estimate of drug-likeness (QED) is 0.474. The van der Waals surface area contributed by atoms with E-state index in [2.05, 4.69) is 10.2 Å². The first-order chi connectivity index (χ1) is 9.50. The maximum Gasteiger partial charge on any atom is 0.237 e. The number of nitrogens with two attached hydrogens (primary N) is 1. The van der Waals surface area contributed by atoms with Crippen molar-refractivity contribution >= 4 is 5.91 Å². The van der Waals surface area contributed by atoms with Crippen LogP contribution >= 0.6 is 0 Å². The standard InChI is InChI=1S/C14H31N3O3/c1-5-19-11-9-17(10-12-20-6-2)8-7-14(3,16-4)13(15)18/h16H,5-12H2,1-4H3,(H2,15,18). The van der Waals surface area contributed by atoms with Gasteiger partial charge in [-0.3, -0.25) is 9.69 Å². The van der Waals surface area contributed by atoms with Crippen molar-refractivity contribution in [2.45, 2.75) is 32.7 Å². The lowest BCUT2D eigenvalue weighted by molar-refractivity contribution is -0.124. The normalized spacial score (nSPS) is 14.4. The fourth-order valence-corrected chi connectivity index (χ4v) is 1.76. The second kappa shape index (κ2) is 11.0. The van der Waals surface area contributed by atoms with Crippen LogP contribution < -0.4 is 11.1 Å². The summed E-state index contributed by atoms with van der Waals surface area (Å²) in [6.07, 6.45) is 0.664. The molecule has 0 fully saturated rings. The fourth-order valence-electron chi connectivity index (χ4n) is 1.76. The highest BCUT2D eigenvalue weighted by atomic mass is 16.5. The van der Waals surface area contributed by atoms with Gasteiger partial charge in [-0.25, -0.2) is 0 Å². The Kier molecular flexibility index (Phi) is 10.6. The van der Waals surface area contributed by atoms with Gasteiger partial charge in [0, 0.05) is 32.8 Å². The second-order valence-electron chi connectivity index (χ2n) is 4.93. The number of hydrogen-bond acceptors (Lipinski definition) is 5. The van der Waals surface area contributed by atoms with Crippen LogP contribution in [0.4, 0.5) is 0 Å². The van der Waals surface area contributed by atoms with Gasteiger partial charge in [-0.15, -0.1) is 0 Å². The highest BCUT2D eigenvalue weighted by molar-refractivity contribution is 5.84. The number of carbonyl (C=O) groups is 1. The lowest BCUT2D eigenvalue weighted by atomic mass is 9.97. The van der Waals surface area contributed by atoms with Crippen molar-refractivity contribution in [1.29, 1.82) is 0 Å². The minimum atomic E-state index is -0.671. The SMILES string of the molecule is CCOCCN(CCOCC)CCC(C)(NC)C(N)=O. The van der Waals surface area contributed by atoms with E-state index in [0.717, 1.165) is 32.8 Å². The molecule has 0 bridgehead atoms. The summed E-state index contributed by atoms with van der Waals surface area (Å²) in [5.74, 6) is -0.324. The Labute approximate surface area is 123 Å². The molecule has 20 heavy (non-hydrogen) atoms. The number of primary amides is 1. The van der Waals surface area contributed by atoms with Gasteiger partial charge in [0.15, 0.2) is 0 Å². The van der Waals surface area contributed by atoms with Crippen LogP contribution in [0.15, 0.2) is 0 Å². The molecule has 0 heterocycles. The van der Waals surface area contributed by atoms with E-state index in [1.807, 2.05) is 20.8 Å². The number of nitrogens with one attached hydrogen (secondary N) is 1. The van der Waals surface area contributed by atoms with Gasteiger partial charge in [-0.2, -0.15) is 0 Å². The van der Waals surface area contributed by atoms with Crippen LogP contribution in [0.3, 0.4) is 0 Å². The van der Waals surface area contributed by atoms with Crippen molar-refractivity contribution in [1.82, 2.24) is 10.2 Å². The number of rotatable bonds is 13. The molecule has 0 aromatic heterocycles. The summed E-state index contributed by atoms with van der Waals surface area (Å²) in [5, 5.41) is 3.00. The topological polar surface area (TPSA) is 76.8 Å². The van der Waals surface area contributed by atoms with Crippen LogP contribution in [0, 0.1) is 0 Å². The zero-order chi connectivity index (χ0) is 15.4. The molecule has 0 rings (SSSR count).